The van der Waals surface area contributed by atoms with Crippen LogP contribution < -0.4 is 16.0 Å². The van der Waals surface area contributed by atoms with Crippen molar-refractivity contribution in [2.75, 3.05) is 36.8 Å². The smallest absolute Gasteiger partial charge is 0.322 e. The van der Waals surface area contributed by atoms with E-state index in [9.17, 15) is 14.9 Å². The lowest BCUT2D eigenvalue weighted by Crippen LogP contribution is -2.54. The second kappa shape index (κ2) is 11.8. The molecule has 3 aromatic rings. The second-order valence-electron chi connectivity index (χ2n) is 9.66. The summed E-state index contributed by atoms with van der Waals surface area (Å²) in [5.41, 5.74) is 5.63. The highest BCUT2D eigenvalue weighted by Crippen LogP contribution is 2.28. The van der Waals surface area contributed by atoms with Crippen LogP contribution in [0.5, 0.6) is 0 Å². The van der Waals surface area contributed by atoms with E-state index in [2.05, 4.69) is 27.0 Å². The molecule has 0 spiro atoms. The Bertz CT molecular complexity index is 1410. The molecule has 3 aromatic carbocycles. The fourth-order valence-corrected chi connectivity index (χ4v) is 5.16. The molecule has 2 aliphatic heterocycles. The van der Waals surface area contributed by atoms with Gasteiger partial charge >= 0.3 is 6.03 Å². The summed E-state index contributed by atoms with van der Waals surface area (Å²) >= 11 is 0. The van der Waals surface area contributed by atoms with E-state index < -0.39 is 0 Å². The standard InChI is InChI=1S/C30H31N7O2/c1-21(38)22-10-12-25(13-11-22)34-30(39)37-17-16-36(19-28(37)23-6-3-2-4-7-23)29(33-20-31)35-27-9-5-8-24-18-32-15-14-26(24)27/h2-13,28,32H,14-19H2,1H3,(H,33,35)(H,34,39). The van der Waals surface area contributed by atoms with E-state index in [1.807, 2.05) is 58.5 Å². The molecular weight excluding hydrogens is 490 g/mol. The number of benzene rings is 3. The summed E-state index contributed by atoms with van der Waals surface area (Å²) in [4.78, 5) is 33.1. The van der Waals surface area contributed by atoms with Crippen LogP contribution in [-0.4, -0.2) is 53.8 Å². The number of rotatable bonds is 4. The molecule has 1 atom stereocenters. The molecule has 1 fully saturated rings. The average molecular weight is 522 g/mol. The van der Waals surface area contributed by atoms with Crippen molar-refractivity contribution < 1.29 is 9.59 Å². The van der Waals surface area contributed by atoms with E-state index in [-0.39, 0.29) is 17.9 Å². The van der Waals surface area contributed by atoms with Gasteiger partial charge < -0.3 is 25.8 Å². The number of nitrogens with one attached hydrogen (secondary N) is 3. The molecule has 0 bridgehead atoms. The van der Waals surface area contributed by atoms with Crippen LogP contribution in [-0.2, 0) is 13.0 Å². The van der Waals surface area contributed by atoms with E-state index in [0.29, 0.717) is 36.8 Å². The van der Waals surface area contributed by atoms with Crippen molar-refractivity contribution in [3.8, 4) is 6.19 Å². The quantitative estimate of drug-likeness (QED) is 0.203. The molecule has 198 valence electrons. The van der Waals surface area contributed by atoms with Gasteiger partial charge in [0.05, 0.1) is 6.04 Å². The lowest BCUT2D eigenvalue weighted by Gasteiger charge is -2.42. The molecule has 9 heteroatoms. The van der Waals surface area contributed by atoms with Gasteiger partial charge in [0.25, 0.3) is 0 Å². The number of urea groups is 1. The normalized spacial score (nSPS) is 17.1. The minimum Gasteiger partial charge on any atom is -0.338 e. The summed E-state index contributed by atoms with van der Waals surface area (Å²) in [6, 6.07) is 22.4. The van der Waals surface area contributed by atoms with Crippen molar-refractivity contribution in [1.82, 2.24) is 15.1 Å². The number of fused-ring (bicyclic) bond motifs is 1. The number of nitrogens with zero attached hydrogens (tertiary/aromatic N) is 4. The number of Topliss-reactive ketones (excluding diaryl/α,β-unsaturated/α-hetero) is 1. The van der Waals surface area contributed by atoms with Crippen LogP contribution in [0.2, 0.25) is 0 Å². The third-order valence-electron chi connectivity index (χ3n) is 7.21. The first kappa shape index (κ1) is 25.9. The molecule has 2 heterocycles. The molecule has 0 radical (unpaired) electrons. The fraction of sp³-hybridized carbons (Fsp3) is 0.267. The topological polar surface area (TPSA) is 113 Å². The number of hydrogen-bond acceptors (Lipinski definition) is 5. The van der Waals surface area contributed by atoms with E-state index in [1.54, 1.807) is 24.3 Å². The van der Waals surface area contributed by atoms with Gasteiger partial charge in [0.1, 0.15) is 0 Å². The first-order valence-electron chi connectivity index (χ1n) is 13.1. The molecule has 0 aliphatic carbocycles. The van der Waals surface area contributed by atoms with Gasteiger partial charge in [-0.25, -0.2) is 4.79 Å². The van der Waals surface area contributed by atoms with E-state index in [0.717, 1.165) is 30.8 Å². The van der Waals surface area contributed by atoms with Crippen molar-refractivity contribution in [2.24, 2.45) is 4.99 Å². The van der Waals surface area contributed by atoms with Gasteiger partial charge in [0.2, 0.25) is 12.2 Å². The van der Waals surface area contributed by atoms with Crippen LogP contribution in [0.3, 0.4) is 0 Å². The molecular formula is C30H31N7O2. The predicted octanol–water partition coefficient (Wildman–Crippen LogP) is 4.37. The Kier molecular flexibility index (Phi) is 7.85. The molecule has 1 unspecified atom stereocenters. The number of carbonyl (C=O) groups is 2. The summed E-state index contributed by atoms with van der Waals surface area (Å²) in [5.74, 6) is 0.453. The van der Waals surface area contributed by atoms with Crippen molar-refractivity contribution in [2.45, 2.75) is 25.9 Å². The summed E-state index contributed by atoms with van der Waals surface area (Å²) in [6.45, 7) is 4.63. The minimum absolute atomic E-state index is 0.0238. The fourth-order valence-electron chi connectivity index (χ4n) is 5.16. The van der Waals surface area contributed by atoms with Crippen LogP contribution in [0, 0.1) is 11.5 Å². The van der Waals surface area contributed by atoms with Crippen LogP contribution >= 0.6 is 0 Å². The maximum absolute atomic E-state index is 13.4. The van der Waals surface area contributed by atoms with Crippen LogP contribution in [0.1, 0.15) is 40.0 Å². The lowest BCUT2D eigenvalue weighted by atomic mass is 9.99. The maximum Gasteiger partial charge on any atom is 0.322 e. The van der Waals surface area contributed by atoms with E-state index >= 15 is 0 Å². The molecule has 3 N–H and O–H groups in total. The molecule has 9 nitrogen and oxygen atoms in total. The zero-order valence-electron chi connectivity index (χ0n) is 21.9. The monoisotopic (exact) mass is 521 g/mol. The summed E-state index contributed by atoms with van der Waals surface area (Å²) in [6.07, 6.45) is 2.85. The number of aliphatic imine (C=N–C) groups is 1. The van der Waals surface area contributed by atoms with Gasteiger partial charge in [-0.3, -0.25) is 4.79 Å². The van der Waals surface area contributed by atoms with Crippen molar-refractivity contribution >= 4 is 29.1 Å². The number of piperazine rings is 1. The number of anilines is 2. The second-order valence-corrected chi connectivity index (χ2v) is 9.66. The SMILES string of the molecule is CC(=O)c1ccc(NC(=O)N2CCN(/C(=N\C#N)Nc3cccc4c3CCNC4)CC2c2ccccc2)cc1. The molecule has 2 aliphatic rings. The van der Waals surface area contributed by atoms with Crippen LogP contribution in [0.25, 0.3) is 0 Å². The summed E-state index contributed by atoms with van der Waals surface area (Å²) < 4.78 is 0. The Labute approximate surface area is 228 Å². The Balaban J connectivity index is 1.37. The largest absolute Gasteiger partial charge is 0.338 e. The molecule has 2 amide bonds. The molecule has 1 saturated heterocycles. The number of ketones is 1. The Hall–Kier alpha value is -4.68. The number of nitriles is 1. The van der Waals surface area contributed by atoms with Crippen molar-refractivity contribution in [3.05, 3.63) is 95.1 Å². The van der Waals surface area contributed by atoms with Gasteiger partial charge in [0.15, 0.2) is 5.78 Å². The van der Waals surface area contributed by atoms with Gasteiger partial charge in [-0.1, -0.05) is 42.5 Å². The average Bonchev–Trinajstić information content (AvgIpc) is 2.97. The zero-order chi connectivity index (χ0) is 27.2. The number of amides is 2. The predicted molar refractivity (Wildman–Crippen MR) is 151 cm³/mol. The molecule has 0 aromatic heterocycles. The van der Waals surface area contributed by atoms with E-state index in [4.69, 9.17) is 0 Å². The minimum atomic E-state index is -0.268. The van der Waals surface area contributed by atoms with Crippen molar-refractivity contribution in [1.29, 1.82) is 5.26 Å². The van der Waals surface area contributed by atoms with Crippen LogP contribution in [0.15, 0.2) is 77.8 Å². The highest BCUT2D eigenvalue weighted by atomic mass is 16.2. The zero-order valence-corrected chi connectivity index (χ0v) is 21.9. The number of carbonyl (C=O) groups excluding carboxylic acids is 2. The molecule has 0 saturated carbocycles. The number of hydrogen-bond donors (Lipinski definition) is 3. The third-order valence-corrected chi connectivity index (χ3v) is 7.21. The molecule has 39 heavy (non-hydrogen) atoms. The van der Waals surface area contributed by atoms with Crippen LogP contribution in [0.4, 0.5) is 16.2 Å². The van der Waals surface area contributed by atoms with Gasteiger partial charge in [-0.05, 0) is 66.9 Å². The van der Waals surface area contributed by atoms with Crippen molar-refractivity contribution in [3.63, 3.8) is 0 Å². The lowest BCUT2D eigenvalue weighted by molar-refractivity contribution is 0.101. The first-order valence-corrected chi connectivity index (χ1v) is 13.1. The first-order chi connectivity index (χ1) is 19.0. The Morgan fingerprint density at radius 1 is 1.00 bits per heavy atom. The van der Waals surface area contributed by atoms with Gasteiger partial charge in [0, 0.05) is 43.1 Å². The summed E-state index contributed by atoms with van der Waals surface area (Å²) in [5, 5.41) is 19.3. The Morgan fingerprint density at radius 3 is 2.54 bits per heavy atom. The highest BCUT2D eigenvalue weighted by Gasteiger charge is 2.33. The highest BCUT2D eigenvalue weighted by molar-refractivity contribution is 5.96. The maximum atomic E-state index is 13.4. The number of guanidine groups is 1. The van der Waals surface area contributed by atoms with E-state index in [1.165, 1.54) is 18.1 Å². The van der Waals surface area contributed by atoms with Gasteiger partial charge in [-0.15, -0.1) is 4.99 Å². The summed E-state index contributed by atoms with van der Waals surface area (Å²) in [7, 11) is 0. The third kappa shape index (κ3) is 5.92. The molecule has 5 rings (SSSR count). The van der Waals surface area contributed by atoms with Gasteiger partial charge in [-0.2, -0.15) is 5.26 Å². The Morgan fingerprint density at radius 2 is 1.79 bits per heavy atom.